The van der Waals surface area contributed by atoms with Crippen LogP contribution in [0.3, 0.4) is 0 Å². The van der Waals surface area contributed by atoms with E-state index in [1.165, 1.54) is 22.3 Å². The van der Waals surface area contributed by atoms with Gasteiger partial charge in [-0.25, -0.2) is 9.13 Å². The minimum atomic E-state index is 1.08. The average Bonchev–Trinajstić information content (AvgIpc) is 2.71. The van der Waals surface area contributed by atoms with Crippen molar-refractivity contribution in [1.82, 2.24) is 9.55 Å². The number of fused-ring (bicyclic) bond motifs is 1. The Balaban J connectivity index is 2.34. The molecule has 18 heavy (non-hydrogen) atoms. The van der Waals surface area contributed by atoms with Crippen LogP contribution in [0.25, 0.3) is 22.3 Å². The molecule has 0 saturated carbocycles. The molecule has 0 amide bonds. The molecular formula is C15H16N3+. The highest BCUT2D eigenvalue weighted by Gasteiger charge is 2.17. The topological polar surface area (TPSA) is 21.7 Å². The first-order valence-corrected chi connectivity index (χ1v) is 6.04. The van der Waals surface area contributed by atoms with Crippen LogP contribution < -0.4 is 4.57 Å². The van der Waals surface area contributed by atoms with E-state index in [9.17, 15) is 0 Å². The Bertz CT molecular complexity index is 706. The lowest BCUT2D eigenvalue weighted by atomic mass is 10.0. The third-order valence-corrected chi connectivity index (χ3v) is 3.45. The molecule has 3 rings (SSSR count). The quantitative estimate of drug-likeness (QED) is 0.596. The fraction of sp³-hybridized carbons (Fsp3) is 0.200. The van der Waals surface area contributed by atoms with Gasteiger partial charge in [-0.3, -0.25) is 4.98 Å². The highest BCUT2D eigenvalue weighted by molar-refractivity contribution is 5.86. The first kappa shape index (κ1) is 11.0. The highest BCUT2D eigenvalue weighted by Crippen LogP contribution is 2.26. The normalized spacial score (nSPS) is 11.1. The summed E-state index contributed by atoms with van der Waals surface area (Å²) in [5.74, 6) is 1.19. The zero-order valence-corrected chi connectivity index (χ0v) is 10.9. The number of imidazole rings is 1. The van der Waals surface area contributed by atoms with E-state index < -0.39 is 0 Å². The van der Waals surface area contributed by atoms with Crippen molar-refractivity contribution in [3.8, 4) is 11.4 Å². The predicted molar refractivity (Wildman–Crippen MR) is 72.1 cm³/mol. The van der Waals surface area contributed by atoms with Gasteiger partial charge in [-0.05, 0) is 24.6 Å². The lowest BCUT2D eigenvalue weighted by Crippen LogP contribution is -2.29. The van der Waals surface area contributed by atoms with Crippen LogP contribution in [-0.2, 0) is 14.1 Å². The summed E-state index contributed by atoms with van der Waals surface area (Å²) < 4.78 is 4.27. The number of hydrogen-bond donors (Lipinski definition) is 0. The Morgan fingerprint density at radius 3 is 2.78 bits per heavy atom. The smallest absolute Gasteiger partial charge is 0.256 e. The highest BCUT2D eigenvalue weighted by atomic mass is 15.1. The van der Waals surface area contributed by atoms with E-state index in [-0.39, 0.29) is 0 Å². The van der Waals surface area contributed by atoms with Crippen LogP contribution in [0.4, 0.5) is 0 Å². The second-order valence-corrected chi connectivity index (χ2v) is 4.66. The van der Waals surface area contributed by atoms with Gasteiger partial charge in [0.25, 0.3) is 5.82 Å². The molecule has 1 aromatic carbocycles. The third-order valence-electron chi connectivity index (χ3n) is 3.45. The standard InChI is InChI=1S/C15H16N3/c1-11-13(15-17(2)9-10-18(15)3)7-6-12-5-4-8-16-14(11)12/h4-10H,1-3H3/q+1. The second kappa shape index (κ2) is 3.95. The third kappa shape index (κ3) is 1.51. The lowest BCUT2D eigenvalue weighted by molar-refractivity contribution is -0.659. The minimum absolute atomic E-state index is 1.08. The summed E-state index contributed by atoms with van der Waals surface area (Å²) in [7, 11) is 4.13. The van der Waals surface area contributed by atoms with Crippen molar-refractivity contribution >= 4 is 10.9 Å². The fourth-order valence-electron chi connectivity index (χ4n) is 2.50. The van der Waals surface area contributed by atoms with E-state index in [1.54, 1.807) is 0 Å². The van der Waals surface area contributed by atoms with Crippen LogP contribution in [0.5, 0.6) is 0 Å². The summed E-state index contributed by atoms with van der Waals surface area (Å²) in [6, 6.07) is 8.39. The summed E-state index contributed by atoms with van der Waals surface area (Å²) in [5, 5.41) is 1.19. The molecule has 0 unspecified atom stereocenters. The molecule has 0 saturated heterocycles. The summed E-state index contributed by atoms with van der Waals surface area (Å²) in [5.41, 5.74) is 3.54. The first-order valence-electron chi connectivity index (χ1n) is 6.04. The van der Waals surface area contributed by atoms with Crippen LogP contribution >= 0.6 is 0 Å². The fourth-order valence-corrected chi connectivity index (χ4v) is 2.50. The average molecular weight is 238 g/mol. The van der Waals surface area contributed by atoms with E-state index in [2.05, 4.69) is 65.7 Å². The molecule has 0 aliphatic carbocycles. The van der Waals surface area contributed by atoms with Crippen LogP contribution in [0.15, 0.2) is 42.9 Å². The number of aromatic nitrogens is 3. The molecule has 0 aliphatic rings. The zero-order valence-electron chi connectivity index (χ0n) is 10.9. The Morgan fingerprint density at radius 1 is 1.22 bits per heavy atom. The molecule has 2 heterocycles. The van der Waals surface area contributed by atoms with E-state index in [0.717, 1.165) is 5.52 Å². The Labute approximate surface area is 106 Å². The zero-order chi connectivity index (χ0) is 12.7. The Kier molecular flexibility index (Phi) is 2.40. The van der Waals surface area contributed by atoms with Gasteiger partial charge in [-0.2, -0.15) is 0 Å². The maximum Gasteiger partial charge on any atom is 0.288 e. The Morgan fingerprint density at radius 2 is 2.06 bits per heavy atom. The predicted octanol–water partition coefficient (Wildman–Crippen LogP) is 2.37. The largest absolute Gasteiger partial charge is 0.288 e. The van der Waals surface area contributed by atoms with E-state index in [4.69, 9.17) is 0 Å². The van der Waals surface area contributed by atoms with Crippen molar-refractivity contribution in [2.24, 2.45) is 14.1 Å². The van der Waals surface area contributed by atoms with Gasteiger partial charge in [0, 0.05) is 11.6 Å². The SMILES string of the molecule is Cc1c(-c2n(C)cc[n+]2C)ccc2cccnc12. The van der Waals surface area contributed by atoms with Crippen molar-refractivity contribution < 1.29 is 4.57 Å². The number of pyridine rings is 1. The molecule has 0 N–H and O–H groups in total. The van der Waals surface area contributed by atoms with Gasteiger partial charge in [-0.1, -0.05) is 12.1 Å². The molecule has 3 heteroatoms. The van der Waals surface area contributed by atoms with Gasteiger partial charge in [0.1, 0.15) is 12.4 Å². The van der Waals surface area contributed by atoms with Crippen molar-refractivity contribution in [1.29, 1.82) is 0 Å². The van der Waals surface area contributed by atoms with Crippen LogP contribution in [0, 0.1) is 6.92 Å². The van der Waals surface area contributed by atoms with Gasteiger partial charge < -0.3 is 0 Å². The van der Waals surface area contributed by atoms with Gasteiger partial charge in [0.2, 0.25) is 0 Å². The van der Waals surface area contributed by atoms with Gasteiger partial charge in [-0.15, -0.1) is 0 Å². The number of nitrogens with zero attached hydrogens (tertiary/aromatic N) is 3. The number of aryl methyl sites for hydroxylation is 3. The summed E-state index contributed by atoms with van der Waals surface area (Å²) in [6.45, 7) is 2.14. The van der Waals surface area contributed by atoms with Crippen molar-refractivity contribution in [2.75, 3.05) is 0 Å². The summed E-state index contributed by atoms with van der Waals surface area (Å²) >= 11 is 0. The summed E-state index contributed by atoms with van der Waals surface area (Å²) in [6.07, 6.45) is 5.99. The molecular weight excluding hydrogens is 222 g/mol. The van der Waals surface area contributed by atoms with Crippen molar-refractivity contribution in [3.05, 3.63) is 48.4 Å². The number of rotatable bonds is 1. The minimum Gasteiger partial charge on any atom is -0.256 e. The Hall–Kier alpha value is -2.16. The van der Waals surface area contributed by atoms with Crippen molar-refractivity contribution in [2.45, 2.75) is 6.92 Å². The molecule has 0 spiro atoms. The monoisotopic (exact) mass is 238 g/mol. The van der Waals surface area contributed by atoms with Crippen LogP contribution in [-0.4, -0.2) is 9.55 Å². The van der Waals surface area contributed by atoms with Crippen LogP contribution in [0.2, 0.25) is 0 Å². The number of hydrogen-bond acceptors (Lipinski definition) is 1. The molecule has 0 fully saturated rings. The maximum atomic E-state index is 4.49. The lowest BCUT2D eigenvalue weighted by Gasteiger charge is -2.06. The van der Waals surface area contributed by atoms with Gasteiger partial charge in [0.15, 0.2) is 0 Å². The van der Waals surface area contributed by atoms with Crippen molar-refractivity contribution in [3.63, 3.8) is 0 Å². The van der Waals surface area contributed by atoms with Gasteiger partial charge >= 0.3 is 0 Å². The molecule has 0 radical (unpaired) electrons. The molecule has 90 valence electrons. The van der Waals surface area contributed by atoms with E-state index in [1.807, 2.05) is 12.3 Å². The maximum absolute atomic E-state index is 4.49. The first-order chi connectivity index (χ1) is 8.68. The molecule has 0 aliphatic heterocycles. The summed E-state index contributed by atoms with van der Waals surface area (Å²) in [4.78, 5) is 4.49. The molecule has 2 aromatic heterocycles. The van der Waals surface area contributed by atoms with Gasteiger partial charge in [0.05, 0.1) is 25.2 Å². The molecule has 0 atom stereocenters. The molecule has 3 aromatic rings. The van der Waals surface area contributed by atoms with E-state index >= 15 is 0 Å². The van der Waals surface area contributed by atoms with Crippen LogP contribution in [0.1, 0.15) is 5.56 Å². The molecule has 3 nitrogen and oxygen atoms in total. The number of benzene rings is 1. The molecule has 0 bridgehead atoms. The van der Waals surface area contributed by atoms with E-state index in [0.29, 0.717) is 0 Å². The second-order valence-electron chi connectivity index (χ2n) is 4.66.